The Kier molecular flexibility index (Phi) is 5.36. The average Bonchev–Trinajstić information content (AvgIpc) is 2.89. The van der Waals surface area contributed by atoms with E-state index in [0.717, 1.165) is 6.42 Å². The first-order valence-corrected chi connectivity index (χ1v) is 8.02. The fraction of sp³-hybridized carbons (Fsp3) is 0.353. The maximum atomic E-state index is 11.3. The lowest BCUT2D eigenvalue weighted by atomic mass is 9.99. The van der Waals surface area contributed by atoms with Crippen LogP contribution in [0.15, 0.2) is 46.7 Å². The molecule has 108 valence electrons. The minimum Gasteiger partial charge on any atom is -0.356 e. The van der Waals surface area contributed by atoms with Crippen LogP contribution < -0.4 is 5.32 Å². The Hall–Kier alpha value is -1.61. The van der Waals surface area contributed by atoms with Crippen LogP contribution in [-0.2, 0) is 4.79 Å². The first-order chi connectivity index (χ1) is 9.70. The van der Waals surface area contributed by atoms with E-state index in [1.807, 2.05) is 6.92 Å². The molecule has 2 rings (SSSR count). The Morgan fingerprint density at radius 3 is 3.00 bits per heavy atom. The Balaban J connectivity index is 0.00000220. The van der Waals surface area contributed by atoms with Crippen molar-refractivity contribution in [3.05, 3.63) is 52.3 Å². The zero-order valence-electron chi connectivity index (χ0n) is 12.1. The van der Waals surface area contributed by atoms with E-state index >= 15 is 0 Å². The van der Waals surface area contributed by atoms with Crippen LogP contribution in [0.5, 0.6) is 0 Å². The second kappa shape index (κ2) is 7.25. The number of thiophene rings is 1. The van der Waals surface area contributed by atoms with Crippen molar-refractivity contribution in [1.82, 2.24) is 5.32 Å². The van der Waals surface area contributed by atoms with Gasteiger partial charge in [-0.05, 0) is 45.9 Å². The lowest BCUT2D eigenvalue weighted by Crippen LogP contribution is -2.27. The number of hydrogen-bond donors (Lipinski definition) is 1. The summed E-state index contributed by atoms with van der Waals surface area (Å²) in [5, 5.41) is 7.24. The lowest BCUT2D eigenvalue weighted by Gasteiger charge is -2.13. The van der Waals surface area contributed by atoms with Crippen molar-refractivity contribution in [1.29, 1.82) is 0 Å². The molecule has 0 aliphatic heterocycles. The third-order valence-electron chi connectivity index (χ3n) is 3.50. The van der Waals surface area contributed by atoms with Crippen molar-refractivity contribution in [3.63, 3.8) is 0 Å². The van der Waals surface area contributed by atoms with E-state index in [9.17, 15) is 4.79 Å². The zero-order chi connectivity index (χ0) is 14.4. The molecule has 0 spiro atoms. The van der Waals surface area contributed by atoms with Crippen LogP contribution in [0.25, 0.3) is 5.57 Å². The molecule has 1 N–H and O–H groups in total. The Morgan fingerprint density at radius 1 is 1.45 bits per heavy atom. The van der Waals surface area contributed by atoms with E-state index in [0.29, 0.717) is 18.9 Å². The Morgan fingerprint density at radius 2 is 2.30 bits per heavy atom. The highest BCUT2D eigenvalue weighted by atomic mass is 32.1. The molecule has 1 amide bonds. The van der Waals surface area contributed by atoms with Crippen LogP contribution in [0.1, 0.15) is 33.7 Å². The predicted molar refractivity (Wildman–Crippen MR) is 88.7 cm³/mol. The molecule has 1 heterocycles. The fourth-order valence-corrected chi connectivity index (χ4v) is 2.83. The second-order valence-electron chi connectivity index (χ2n) is 5.00. The molecule has 0 fully saturated rings. The maximum absolute atomic E-state index is 11.3. The number of carbonyl (C=O) groups excluding carboxylic acids is 1. The minimum atomic E-state index is 0. The van der Waals surface area contributed by atoms with Crippen LogP contribution in [0.4, 0.5) is 0 Å². The first-order valence-electron chi connectivity index (χ1n) is 7.08. The van der Waals surface area contributed by atoms with Crippen LogP contribution >= 0.6 is 11.3 Å². The van der Waals surface area contributed by atoms with E-state index in [4.69, 9.17) is 0 Å². The van der Waals surface area contributed by atoms with Crippen LogP contribution in [0, 0.1) is 5.92 Å². The summed E-state index contributed by atoms with van der Waals surface area (Å²) >= 11 is 1.72. The number of amides is 1. The fourth-order valence-electron chi connectivity index (χ4n) is 2.16. The van der Waals surface area contributed by atoms with Gasteiger partial charge in [-0.25, -0.2) is 0 Å². The molecule has 1 atom stereocenters. The standard InChI is InChI=1S/C17H21NOS.H2/c1-3-17(19)18-11-13(2)14-5-4-6-15(8-7-14)16-9-10-20-12-16;/h5-10,12-13H,3-4,11H2,1-2H3,(H,18,19);1H. The molecule has 20 heavy (non-hydrogen) atoms. The van der Waals surface area contributed by atoms with Gasteiger partial charge in [-0.15, -0.1) is 0 Å². The van der Waals surface area contributed by atoms with E-state index in [-0.39, 0.29) is 7.33 Å². The molecule has 0 saturated carbocycles. The highest BCUT2D eigenvalue weighted by Crippen LogP contribution is 2.24. The molecule has 2 nitrogen and oxygen atoms in total. The van der Waals surface area contributed by atoms with Gasteiger partial charge in [-0.3, -0.25) is 4.79 Å². The molecule has 1 aliphatic carbocycles. The van der Waals surface area contributed by atoms with E-state index in [2.05, 4.69) is 53.4 Å². The summed E-state index contributed by atoms with van der Waals surface area (Å²) in [4.78, 5) is 11.3. The van der Waals surface area contributed by atoms with Gasteiger partial charge < -0.3 is 5.32 Å². The van der Waals surface area contributed by atoms with Crippen molar-refractivity contribution >= 4 is 22.8 Å². The number of carbonyl (C=O) groups is 1. The van der Waals surface area contributed by atoms with Gasteiger partial charge in [-0.2, -0.15) is 11.3 Å². The lowest BCUT2D eigenvalue weighted by molar-refractivity contribution is -0.120. The summed E-state index contributed by atoms with van der Waals surface area (Å²) in [6.07, 6.45) is 10.4. The number of allylic oxidation sites excluding steroid dienone is 5. The zero-order valence-corrected chi connectivity index (χ0v) is 12.9. The molecule has 1 aliphatic rings. The van der Waals surface area contributed by atoms with Gasteiger partial charge in [0.25, 0.3) is 0 Å². The van der Waals surface area contributed by atoms with Gasteiger partial charge in [0.1, 0.15) is 0 Å². The molecule has 1 aromatic rings. The van der Waals surface area contributed by atoms with Crippen molar-refractivity contribution in [2.45, 2.75) is 26.7 Å². The summed E-state index contributed by atoms with van der Waals surface area (Å²) in [5.41, 5.74) is 3.86. The van der Waals surface area contributed by atoms with Crippen molar-refractivity contribution in [3.8, 4) is 0 Å². The van der Waals surface area contributed by atoms with Crippen LogP contribution in [0.3, 0.4) is 0 Å². The molecule has 0 saturated heterocycles. The highest BCUT2D eigenvalue weighted by Gasteiger charge is 2.09. The number of rotatable bonds is 5. The smallest absolute Gasteiger partial charge is 0.219 e. The predicted octanol–water partition coefficient (Wildman–Crippen LogP) is 4.43. The van der Waals surface area contributed by atoms with Crippen LogP contribution in [0.2, 0.25) is 0 Å². The summed E-state index contributed by atoms with van der Waals surface area (Å²) in [6.45, 7) is 4.74. The van der Waals surface area contributed by atoms with Crippen molar-refractivity contribution in [2.75, 3.05) is 6.54 Å². The minimum absolute atomic E-state index is 0. The maximum Gasteiger partial charge on any atom is 0.219 e. The topological polar surface area (TPSA) is 29.1 Å². The quantitative estimate of drug-likeness (QED) is 0.854. The van der Waals surface area contributed by atoms with E-state index in [1.165, 1.54) is 16.7 Å². The monoisotopic (exact) mass is 289 g/mol. The molecule has 0 bridgehead atoms. The summed E-state index contributed by atoms with van der Waals surface area (Å²) in [5.74, 6) is 0.462. The summed E-state index contributed by atoms with van der Waals surface area (Å²) < 4.78 is 0. The molecule has 1 aromatic heterocycles. The average molecular weight is 289 g/mol. The SMILES string of the molecule is CCC(=O)NCC(C)C1=CCC=C(c2ccsc2)C=C1.[HH]. The number of nitrogens with one attached hydrogen (secondary N) is 1. The van der Waals surface area contributed by atoms with Crippen molar-refractivity contribution in [2.24, 2.45) is 5.92 Å². The second-order valence-corrected chi connectivity index (χ2v) is 5.78. The molecular formula is C17H23NOS. The van der Waals surface area contributed by atoms with Crippen LogP contribution in [-0.4, -0.2) is 12.5 Å². The first kappa shape index (κ1) is 14.8. The molecule has 1 unspecified atom stereocenters. The van der Waals surface area contributed by atoms with Gasteiger partial charge in [0, 0.05) is 14.4 Å². The normalized spacial score (nSPS) is 16.1. The van der Waals surface area contributed by atoms with E-state index in [1.54, 1.807) is 11.3 Å². The van der Waals surface area contributed by atoms with Crippen molar-refractivity contribution < 1.29 is 6.22 Å². The molecule has 3 heteroatoms. The summed E-state index contributed by atoms with van der Waals surface area (Å²) in [7, 11) is 0. The third kappa shape index (κ3) is 3.94. The van der Waals surface area contributed by atoms with Gasteiger partial charge in [-0.1, -0.05) is 38.2 Å². The Bertz CT molecular complexity index is 543. The largest absolute Gasteiger partial charge is 0.356 e. The number of hydrogen-bond acceptors (Lipinski definition) is 2. The van der Waals surface area contributed by atoms with Gasteiger partial charge in [0.2, 0.25) is 5.91 Å². The molecular weight excluding hydrogens is 266 g/mol. The van der Waals surface area contributed by atoms with Gasteiger partial charge >= 0.3 is 0 Å². The van der Waals surface area contributed by atoms with Gasteiger partial charge in [0.05, 0.1) is 0 Å². The summed E-state index contributed by atoms with van der Waals surface area (Å²) in [6, 6.07) is 2.15. The van der Waals surface area contributed by atoms with E-state index < -0.39 is 0 Å². The highest BCUT2D eigenvalue weighted by molar-refractivity contribution is 7.08. The Labute approximate surface area is 126 Å². The third-order valence-corrected chi connectivity index (χ3v) is 4.18. The molecule has 0 radical (unpaired) electrons. The van der Waals surface area contributed by atoms with Gasteiger partial charge in [0.15, 0.2) is 0 Å². The molecule has 0 aromatic carbocycles.